The molecule has 0 radical (unpaired) electrons. The number of carbonyl (C=O) groups excluding carboxylic acids is 3. The Morgan fingerprint density at radius 1 is 0.388 bits per heavy atom. The lowest BCUT2D eigenvalue weighted by Gasteiger charge is -2.49. The van der Waals surface area contributed by atoms with E-state index in [1.165, 1.54) is 83.5 Å². The maximum Gasteiger partial charge on any atom is 0.472 e. The average molecular weight is 1420 g/mol. The lowest BCUT2D eigenvalue weighted by atomic mass is 9.84. The van der Waals surface area contributed by atoms with Crippen LogP contribution in [0.3, 0.4) is 0 Å². The third-order valence-corrected chi connectivity index (χ3v) is 19.3. The molecule has 0 aromatic rings. The molecule has 0 aromatic heterocycles. The Kier molecular flexibility index (Phi) is 50.0. The molecule has 0 bridgehead atoms. The summed E-state index contributed by atoms with van der Waals surface area (Å²) in [4.78, 5) is 51.0. The van der Waals surface area contributed by atoms with Crippen molar-refractivity contribution in [1.29, 1.82) is 0 Å². The molecule has 0 spiro atoms. The Labute approximate surface area is 585 Å². The van der Waals surface area contributed by atoms with E-state index in [0.29, 0.717) is 19.3 Å². The minimum Gasteiger partial charge on any atom is -0.463 e. The van der Waals surface area contributed by atoms with E-state index in [1.807, 2.05) is 0 Å². The van der Waals surface area contributed by atoms with Gasteiger partial charge in [-0.3, -0.25) is 23.4 Å². The van der Waals surface area contributed by atoms with Crippen LogP contribution in [0.25, 0.3) is 0 Å². The maximum absolute atomic E-state index is 14.3. The molecule has 98 heavy (non-hydrogen) atoms. The first-order chi connectivity index (χ1) is 47.3. The predicted octanol–water partition coefficient (Wildman–Crippen LogP) is 10.3. The first-order valence-electron chi connectivity index (χ1n) is 37.8. The van der Waals surface area contributed by atoms with Crippen LogP contribution in [0.4, 0.5) is 0 Å². The van der Waals surface area contributed by atoms with E-state index in [0.717, 1.165) is 135 Å². The third kappa shape index (κ3) is 37.6. The topological polar surface area (TPSA) is 374 Å². The monoisotopic (exact) mass is 1420 g/mol. The molecule has 0 amide bonds. The molecule has 24 nitrogen and oxygen atoms in total. The number of phosphoric ester groups is 1. The number of allylic oxidation sites excluding steroid dienone is 6. The van der Waals surface area contributed by atoms with Crippen LogP contribution < -0.4 is 0 Å². The molecule has 3 rings (SSSR count). The SMILES string of the molecule is CCCCCC/C=C\CCCCCCCCCC(=O)OCC(COP(=O)(O)OC1C(OC2OC(CO)C(O)C(O)C2O)C(O)C(O)C(O)C1OC1OC(COC(=O)CCCCC/C=C\CCCCCCCC)C(O)C(O)C1O)OC(=O)CCCCCCCCC/C=C\CCCCCC. The van der Waals surface area contributed by atoms with Crippen LogP contribution in [0.2, 0.25) is 0 Å². The Bertz CT molecular complexity index is 2170. The molecule has 2 aliphatic heterocycles. The first-order valence-corrected chi connectivity index (χ1v) is 39.3. The van der Waals surface area contributed by atoms with Gasteiger partial charge in [0.15, 0.2) is 18.7 Å². The average Bonchev–Trinajstić information content (AvgIpc) is 0.763. The number of aliphatic hydroxyl groups excluding tert-OH is 10. The molecule has 3 fully saturated rings. The lowest BCUT2D eigenvalue weighted by Crippen LogP contribution is -2.69. The standard InChI is InChI=1S/C73H131O24P/c1-4-7-10-13-16-19-22-25-27-30-33-35-38-41-44-47-57(75)89-51-54(92-59(77)49-46-43-40-37-34-31-28-26-23-20-17-14-11-8-5-2)52-91-98(87,88)97-71-69(95-72-67(85)62(80)60(78)55(50-74)93-72)65(83)64(82)66(84)70(71)96-73-68(86)63(81)61(79)56(94-73)53-90-58(76)48-45-42-39-36-32-29-24-21-18-15-12-9-6-3/h19-20,22-23,29,32,54-56,60-74,78-86H,4-18,21,24-28,30-31,33-53H2,1-3H3,(H,87,88)/b22-19-,23-20-,32-29-. The van der Waals surface area contributed by atoms with Crippen molar-refractivity contribution >= 4 is 25.7 Å². The first kappa shape index (κ1) is 89.4. The van der Waals surface area contributed by atoms with Crippen molar-refractivity contribution in [2.75, 3.05) is 26.4 Å². The second-order valence-corrected chi connectivity index (χ2v) is 28.4. The van der Waals surface area contributed by atoms with Crippen LogP contribution in [0.1, 0.15) is 278 Å². The van der Waals surface area contributed by atoms with Gasteiger partial charge in [-0.05, 0) is 96.3 Å². The molecule has 572 valence electrons. The van der Waals surface area contributed by atoms with Crippen LogP contribution in [0, 0.1) is 0 Å². The highest BCUT2D eigenvalue weighted by Crippen LogP contribution is 2.49. The molecule has 2 saturated heterocycles. The smallest absolute Gasteiger partial charge is 0.463 e. The minimum atomic E-state index is -5.70. The van der Waals surface area contributed by atoms with Gasteiger partial charge in [-0.2, -0.15) is 0 Å². The van der Waals surface area contributed by atoms with Crippen LogP contribution >= 0.6 is 7.82 Å². The number of hydrogen-bond acceptors (Lipinski definition) is 23. The van der Waals surface area contributed by atoms with Crippen LogP contribution in [-0.4, -0.2) is 204 Å². The predicted molar refractivity (Wildman–Crippen MR) is 370 cm³/mol. The molecule has 18 unspecified atom stereocenters. The molecule has 0 aromatic carbocycles. The quantitative estimate of drug-likeness (QED) is 0.00886. The van der Waals surface area contributed by atoms with Gasteiger partial charge >= 0.3 is 25.7 Å². The Morgan fingerprint density at radius 2 is 0.714 bits per heavy atom. The van der Waals surface area contributed by atoms with Gasteiger partial charge in [-0.1, -0.05) is 198 Å². The third-order valence-electron chi connectivity index (χ3n) is 18.4. The van der Waals surface area contributed by atoms with Crippen LogP contribution in [0.5, 0.6) is 0 Å². The highest BCUT2D eigenvalue weighted by molar-refractivity contribution is 7.47. The number of aliphatic hydroxyl groups is 10. The minimum absolute atomic E-state index is 0.00687. The summed E-state index contributed by atoms with van der Waals surface area (Å²) >= 11 is 0. The number of carbonyl (C=O) groups is 3. The molecule has 2 heterocycles. The number of phosphoric acid groups is 1. The van der Waals surface area contributed by atoms with Gasteiger partial charge in [0.2, 0.25) is 0 Å². The highest BCUT2D eigenvalue weighted by Gasteiger charge is 2.58. The van der Waals surface area contributed by atoms with Crippen molar-refractivity contribution in [1.82, 2.24) is 0 Å². The van der Waals surface area contributed by atoms with Crippen molar-refractivity contribution in [3.8, 4) is 0 Å². The van der Waals surface area contributed by atoms with Gasteiger partial charge in [0.25, 0.3) is 0 Å². The van der Waals surface area contributed by atoms with Gasteiger partial charge in [0.1, 0.15) is 98.7 Å². The molecular weight excluding hydrogens is 1290 g/mol. The van der Waals surface area contributed by atoms with E-state index in [1.54, 1.807) is 0 Å². The fourth-order valence-corrected chi connectivity index (χ4v) is 13.1. The Morgan fingerprint density at radius 3 is 1.12 bits per heavy atom. The van der Waals surface area contributed by atoms with Crippen LogP contribution in [0.15, 0.2) is 36.5 Å². The number of hydrogen-bond donors (Lipinski definition) is 11. The maximum atomic E-state index is 14.3. The summed E-state index contributed by atoms with van der Waals surface area (Å²) in [6, 6.07) is 0. The second-order valence-electron chi connectivity index (χ2n) is 27.0. The number of rotatable bonds is 58. The van der Waals surface area contributed by atoms with Gasteiger partial charge in [-0.25, -0.2) is 4.57 Å². The molecule has 1 saturated carbocycles. The summed E-state index contributed by atoms with van der Waals surface area (Å²) in [6.45, 7) is 3.39. The highest BCUT2D eigenvalue weighted by atomic mass is 31.2. The fourth-order valence-electron chi connectivity index (χ4n) is 12.2. The Hall–Kier alpha value is -2.82. The van der Waals surface area contributed by atoms with E-state index in [-0.39, 0.29) is 19.3 Å². The summed E-state index contributed by atoms with van der Waals surface area (Å²) < 4.78 is 65.0. The van der Waals surface area contributed by atoms with Gasteiger partial charge in [0.05, 0.1) is 13.2 Å². The molecule has 1 aliphatic carbocycles. The summed E-state index contributed by atoms with van der Waals surface area (Å²) in [6.07, 6.45) is 16.4. The normalized spacial score (nSPS) is 27.8. The van der Waals surface area contributed by atoms with E-state index < -0.39 is 156 Å². The fraction of sp³-hybridized carbons (Fsp3) is 0.877. The summed E-state index contributed by atoms with van der Waals surface area (Å²) in [5.41, 5.74) is 0. The zero-order valence-corrected chi connectivity index (χ0v) is 60.5. The van der Waals surface area contributed by atoms with Gasteiger partial charge < -0.3 is 89.1 Å². The molecular formula is C73H131O24P. The largest absolute Gasteiger partial charge is 0.472 e. The van der Waals surface area contributed by atoms with Gasteiger partial charge in [0, 0.05) is 19.3 Å². The zero-order chi connectivity index (χ0) is 71.8. The van der Waals surface area contributed by atoms with Crippen molar-refractivity contribution in [2.45, 2.75) is 382 Å². The summed E-state index contributed by atoms with van der Waals surface area (Å²) in [5.74, 6) is -2.02. The molecule has 3 aliphatic rings. The number of ether oxygens (including phenoxy) is 7. The van der Waals surface area contributed by atoms with Crippen LogP contribution in [-0.2, 0) is 61.2 Å². The van der Waals surface area contributed by atoms with Crippen molar-refractivity contribution < 1.29 is 117 Å². The summed E-state index contributed by atoms with van der Waals surface area (Å²) in [5, 5.41) is 110. The van der Waals surface area contributed by atoms with Crippen molar-refractivity contribution in [2.24, 2.45) is 0 Å². The van der Waals surface area contributed by atoms with Crippen molar-refractivity contribution in [3.05, 3.63) is 36.5 Å². The van der Waals surface area contributed by atoms with E-state index in [2.05, 4.69) is 57.2 Å². The molecule has 18 atom stereocenters. The Balaban J connectivity index is 1.74. The molecule has 25 heteroatoms. The number of esters is 3. The molecule has 11 N–H and O–H groups in total. The number of unbranched alkanes of at least 4 members (excludes halogenated alkanes) is 31. The lowest BCUT2D eigenvalue weighted by molar-refractivity contribution is -0.360. The van der Waals surface area contributed by atoms with E-state index >= 15 is 0 Å². The second kappa shape index (κ2) is 54.8. The van der Waals surface area contributed by atoms with Crippen molar-refractivity contribution in [3.63, 3.8) is 0 Å². The zero-order valence-electron chi connectivity index (χ0n) is 59.6. The van der Waals surface area contributed by atoms with E-state index in [4.69, 9.17) is 42.2 Å². The van der Waals surface area contributed by atoms with Gasteiger partial charge in [-0.15, -0.1) is 0 Å². The van der Waals surface area contributed by atoms with E-state index in [9.17, 15) is 74.9 Å². The summed E-state index contributed by atoms with van der Waals surface area (Å²) in [7, 11) is -5.70.